The van der Waals surface area contributed by atoms with Crippen molar-refractivity contribution in [1.82, 2.24) is 10.2 Å². The first-order valence-corrected chi connectivity index (χ1v) is 9.65. The SMILES string of the molecule is CCOC(CN(CC(C)CC)C(=O)C(CC(C)C)NC(=O)OC)OCC. The highest BCUT2D eigenvalue weighted by atomic mass is 16.7. The second kappa shape index (κ2) is 13.8. The van der Waals surface area contributed by atoms with Crippen LogP contribution in [-0.2, 0) is 19.0 Å². The van der Waals surface area contributed by atoms with Crippen molar-refractivity contribution < 1.29 is 23.8 Å². The van der Waals surface area contributed by atoms with Crippen LogP contribution in [0.5, 0.6) is 0 Å². The van der Waals surface area contributed by atoms with Crippen LogP contribution in [-0.4, -0.2) is 62.6 Å². The van der Waals surface area contributed by atoms with Crippen molar-refractivity contribution in [2.45, 2.75) is 66.7 Å². The van der Waals surface area contributed by atoms with E-state index in [1.807, 2.05) is 27.7 Å². The van der Waals surface area contributed by atoms with Crippen LogP contribution in [0.25, 0.3) is 0 Å². The van der Waals surface area contributed by atoms with E-state index in [0.717, 1.165) is 6.42 Å². The molecule has 0 rings (SSSR count). The van der Waals surface area contributed by atoms with Crippen LogP contribution in [0.4, 0.5) is 4.79 Å². The van der Waals surface area contributed by atoms with Gasteiger partial charge in [0.15, 0.2) is 6.29 Å². The first kappa shape index (κ1) is 24.7. The van der Waals surface area contributed by atoms with E-state index in [1.165, 1.54) is 7.11 Å². The first-order chi connectivity index (χ1) is 12.3. The van der Waals surface area contributed by atoms with Crippen molar-refractivity contribution in [3.05, 3.63) is 0 Å². The second-order valence-electron chi connectivity index (χ2n) is 6.91. The summed E-state index contributed by atoms with van der Waals surface area (Å²) in [6, 6.07) is -0.629. The molecular weight excluding hydrogens is 336 g/mol. The highest BCUT2D eigenvalue weighted by molar-refractivity contribution is 5.85. The zero-order valence-corrected chi connectivity index (χ0v) is 17.5. The van der Waals surface area contributed by atoms with Crippen molar-refractivity contribution in [3.8, 4) is 0 Å². The summed E-state index contributed by atoms with van der Waals surface area (Å²) in [6.45, 7) is 13.9. The maximum Gasteiger partial charge on any atom is 0.407 e. The summed E-state index contributed by atoms with van der Waals surface area (Å²) in [5.41, 5.74) is 0. The molecule has 0 aliphatic carbocycles. The molecule has 7 heteroatoms. The molecule has 0 aromatic rings. The van der Waals surface area contributed by atoms with E-state index >= 15 is 0 Å². The van der Waals surface area contributed by atoms with Gasteiger partial charge in [0.1, 0.15) is 6.04 Å². The molecular formula is C19H38N2O5. The highest BCUT2D eigenvalue weighted by Crippen LogP contribution is 2.13. The summed E-state index contributed by atoms with van der Waals surface area (Å²) in [5, 5.41) is 2.67. The Kier molecular flexibility index (Phi) is 13.1. The number of nitrogens with zero attached hydrogens (tertiary/aromatic N) is 1. The van der Waals surface area contributed by atoms with Gasteiger partial charge in [0.25, 0.3) is 0 Å². The normalized spacial score (nSPS) is 13.6. The van der Waals surface area contributed by atoms with Crippen LogP contribution in [0.1, 0.15) is 54.4 Å². The van der Waals surface area contributed by atoms with E-state index in [2.05, 4.69) is 23.9 Å². The fourth-order valence-corrected chi connectivity index (χ4v) is 2.58. The van der Waals surface area contributed by atoms with Crippen molar-refractivity contribution in [3.63, 3.8) is 0 Å². The van der Waals surface area contributed by atoms with E-state index < -0.39 is 18.4 Å². The summed E-state index contributed by atoms with van der Waals surface area (Å²) < 4.78 is 15.9. The summed E-state index contributed by atoms with van der Waals surface area (Å²) in [5.74, 6) is 0.454. The third kappa shape index (κ3) is 9.97. The molecule has 0 fully saturated rings. The Morgan fingerprint density at radius 1 is 1.00 bits per heavy atom. The topological polar surface area (TPSA) is 77.1 Å². The Hall–Kier alpha value is -1.34. The van der Waals surface area contributed by atoms with Gasteiger partial charge in [-0.25, -0.2) is 4.79 Å². The minimum Gasteiger partial charge on any atom is -0.453 e. The Labute approximate surface area is 158 Å². The molecule has 2 unspecified atom stereocenters. The Balaban J connectivity index is 5.35. The molecule has 2 atom stereocenters. The van der Waals surface area contributed by atoms with Gasteiger partial charge in [-0.05, 0) is 32.1 Å². The number of methoxy groups -OCH3 is 1. The average molecular weight is 375 g/mol. The molecule has 0 bridgehead atoms. The molecule has 0 aliphatic rings. The number of alkyl carbamates (subject to hydrolysis) is 1. The standard InChI is InChI=1S/C19H38N2O5/c1-8-15(6)12-21(13-17(25-9-2)26-10-3)18(22)16(11-14(4)5)20-19(23)24-7/h14-17H,8-13H2,1-7H3,(H,20,23). The lowest BCUT2D eigenvalue weighted by Gasteiger charge is -2.32. The van der Waals surface area contributed by atoms with Gasteiger partial charge in [0.2, 0.25) is 5.91 Å². The zero-order valence-electron chi connectivity index (χ0n) is 17.5. The summed E-state index contributed by atoms with van der Waals surface area (Å²) >= 11 is 0. The van der Waals surface area contributed by atoms with E-state index in [9.17, 15) is 9.59 Å². The van der Waals surface area contributed by atoms with Crippen LogP contribution in [0.15, 0.2) is 0 Å². The van der Waals surface area contributed by atoms with Gasteiger partial charge in [-0.15, -0.1) is 0 Å². The van der Waals surface area contributed by atoms with Crippen LogP contribution >= 0.6 is 0 Å². The number of carbonyl (C=O) groups is 2. The average Bonchev–Trinajstić information content (AvgIpc) is 2.59. The third-order valence-electron chi connectivity index (χ3n) is 4.10. The lowest BCUT2D eigenvalue weighted by Crippen LogP contribution is -2.52. The van der Waals surface area contributed by atoms with E-state index in [0.29, 0.717) is 38.6 Å². The lowest BCUT2D eigenvalue weighted by atomic mass is 10.0. The Bertz CT molecular complexity index is 397. The Morgan fingerprint density at radius 2 is 1.58 bits per heavy atom. The fraction of sp³-hybridized carbons (Fsp3) is 0.895. The predicted molar refractivity (Wildman–Crippen MR) is 102 cm³/mol. The van der Waals surface area contributed by atoms with Gasteiger partial charge >= 0.3 is 6.09 Å². The van der Waals surface area contributed by atoms with Gasteiger partial charge in [-0.1, -0.05) is 34.1 Å². The highest BCUT2D eigenvalue weighted by Gasteiger charge is 2.29. The molecule has 2 amide bonds. The van der Waals surface area contributed by atoms with Crippen molar-refractivity contribution >= 4 is 12.0 Å². The maximum absolute atomic E-state index is 13.2. The van der Waals surface area contributed by atoms with Gasteiger partial charge in [0, 0.05) is 19.8 Å². The summed E-state index contributed by atoms with van der Waals surface area (Å²) in [7, 11) is 1.30. The number of amides is 2. The predicted octanol–water partition coefficient (Wildman–Crippen LogP) is 3.03. The van der Waals surface area contributed by atoms with E-state index in [1.54, 1.807) is 4.90 Å². The van der Waals surface area contributed by atoms with Gasteiger partial charge in [-0.3, -0.25) is 4.79 Å². The second-order valence-corrected chi connectivity index (χ2v) is 6.91. The molecule has 0 aromatic heterocycles. The first-order valence-electron chi connectivity index (χ1n) is 9.65. The maximum atomic E-state index is 13.2. The summed E-state index contributed by atoms with van der Waals surface area (Å²) in [6.07, 6.45) is 0.421. The molecule has 0 saturated heterocycles. The number of ether oxygens (including phenoxy) is 3. The van der Waals surface area contributed by atoms with Crippen molar-refractivity contribution in [2.75, 3.05) is 33.4 Å². The van der Waals surface area contributed by atoms with Crippen LogP contribution < -0.4 is 5.32 Å². The number of hydrogen-bond acceptors (Lipinski definition) is 5. The van der Waals surface area contributed by atoms with Crippen LogP contribution in [0.3, 0.4) is 0 Å². The lowest BCUT2D eigenvalue weighted by molar-refractivity contribution is -0.161. The fourth-order valence-electron chi connectivity index (χ4n) is 2.58. The molecule has 7 nitrogen and oxygen atoms in total. The molecule has 0 radical (unpaired) electrons. The molecule has 0 heterocycles. The molecule has 154 valence electrons. The minimum atomic E-state index is -0.629. The van der Waals surface area contributed by atoms with Crippen LogP contribution in [0, 0.1) is 11.8 Å². The number of nitrogens with one attached hydrogen (secondary N) is 1. The number of hydrogen-bond donors (Lipinski definition) is 1. The molecule has 0 saturated carbocycles. The van der Waals surface area contributed by atoms with Crippen molar-refractivity contribution in [1.29, 1.82) is 0 Å². The quantitative estimate of drug-likeness (QED) is 0.502. The van der Waals surface area contributed by atoms with Crippen LogP contribution in [0.2, 0.25) is 0 Å². The van der Waals surface area contributed by atoms with Crippen molar-refractivity contribution in [2.24, 2.45) is 11.8 Å². The van der Waals surface area contributed by atoms with Gasteiger partial charge < -0.3 is 24.4 Å². The molecule has 0 aromatic carbocycles. The zero-order chi connectivity index (χ0) is 20.1. The molecule has 0 spiro atoms. The molecule has 1 N–H and O–H groups in total. The number of carbonyl (C=O) groups excluding carboxylic acids is 2. The van der Waals surface area contributed by atoms with E-state index in [-0.39, 0.29) is 11.8 Å². The molecule has 0 aliphatic heterocycles. The van der Waals surface area contributed by atoms with E-state index in [4.69, 9.17) is 9.47 Å². The minimum absolute atomic E-state index is 0.131. The Morgan fingerprint density at radius 3 is 2.00 bits per heavy atom. The largest absolute Gasteiger partial charge is 0.453 e. The van der Waals surface area contributed by atoms with Gasteiger partial charge in [-0.2, -0.15) is 0 Å². The molecule has 26 heavy (non-hydrogen) atoms. The monoisotopic (exact) mass is 374 g/mol. The summed E-state index contributed by atoms with van der Waals surface area (Å²) in [4.78, 5) is 26.6. The number of rotatable bonds is 13. The third-order valence-corrected chi connectivity index (χ3v) is 4.10. The smallest absolute Gasteiger partial charge is 0.407 e. The van der Waals surface area contributed by atoms with Gasteiger partial charge in [0.05, 0.1) is 13.7 Å².